The average Bonchev–Trinajstić information content (AvgIpc) is 3.83. The average molecular weight is 731 g/mol. The number of para-hydroxylation sites is 1. The molecule has 11 aromatic rings. The van der Waals surface area contributed by atoms with Gasteiger partial charge in [0, 0.05) is 50.3 Å². The maximum atomic E-state index is 6.84. The van der Waals surface area contributed by atoms with E-state index in [9.17, 15) is 0 Å². The Hall–Kier alpha value is -7.63. The highest BCUT2D eigenvalue weighted by Gasteiger charge is 2.22. The summed E-state index contributed by atoms with van der Waals surface area (Å²) in [5.41, 5.74) is 12.4. The van der Waals surface area contributed by atoms with Gasteiger partial charge >= 0.3 is 0 Å². The first-order chi connectivity index (χ1) is 28.2. The van der Waals surface area contributed by atoms with Gasteiger partial charge in [0.25, 0.3) is 0 Å². The molecule has 3 aromatic heterocycles. The van der Waals surface area contributed by atoms with Crippen LogP contribution in [0.1, 0.15) is 5.56 Å². The first-order valence-electron chi connectivity index (χ1n) is 19.2. The van der Waals surface area contributed by atoms with Gasteiger partial charge in [0.2, 0.25) is 0 Å². The van der Waals surface area contributed by atoms with Crippen LogP contribution in [0.3, 0.4) is 0 Å². The zero-order valence-corrected chi connectivity index (χ0v) is 30.9. The topological polar surface area (TPSA) is 56.7 Å². The predicted octanol–water partition coefficient (Wildman–Crippen LogP) is 13.3. The number of nitrogens with zero attached hydrogens (tertiary/aromatic N) is 4. The van der Waals surface area contributed by atoms with Crippen LogP contribution in [-0.2, 0) is 6.54 Å². The normalized spacial score (nSPS) is 11.6. The summed E-state index contributed by atoms with van der Waals surface area (Å²) in [6.45, 7) is 0.635. The second-order valence-electron chi connectivity index (χ2n) is 14.4. The molecule has 0 spiro atoms. The van der Waals surface area contributed by atoms with Crippen molar-refractivity contribution in [3.8, 4) is 56.4 Å². The highest BCUT2D eigenvalue weighted by atomic mass is 16.3. The number of aromatic nitrogens is 4. The Balaban J connectivity index is 1.18. The number of fused-ring (bicyclic) bond motifs is 6. The van der Waals surface area contributed by atoms with Crippen LogP contribution in [0.5, 0.6) is 0 Å². The third-order valence-electron chi connectivity index (χ3n) is 10.9. The Morgan fingerprint density at radius 3 is 1.60 bits per heavy atom. The fraction of sp³-hybridized carbons (Fsp3) is 0.0192. The van der Waals surface area contributed by atoms with E-state index in [1.54, 1.807) is 0 Å². The molecule has 0 atom stereocenters. The lowest BCUT2D eigenvalue weighted by Gasteiger charge is -2.13. The first-order valence-corrected chi connectivity index (χ1v) is 19.2. The molecule has 0 bridgehead atoms. The largest absolute Gasteiger partial charge is 0.456 e. The van der Waals surface area contributed by atoms with Gasteiger partial charge in [-0.2, -0.15) is 0 Å². The van der Waals surface area contributed by atoms with Crippen LogP contribution in [0, 0.1) is 0 Å². The quantitative estimate of drug-likeness (QED) is 0.164. The number of hydrogen-bond donors (Lipinski definition) is 0. The smallest absolute Gasteiger partial charge is 0.164 e. The summed E-state index contributed by atoms with van der Waals surface area (Å²) < 4.78 is 9.29. The van der Waals surface area contributed by atoms with Crippen molar-refractivity contribution in [1.29, 1.82) is 0 Å². The van der Waals surface area contributed by atoms with Gasteiger partial charge < -0.3 is 8.98 Å². The molecule has 0 radical (unpaired) electrons. The van der Waals surface area contributed by atoms with Gasteiger partial charge in [0.15, 0.2) is 17.5 Å². The number of benzene rings is 8. The number of furan rings is 1. The lowest BCUT2D eigenvalue weighted by molar-refractivity contribution is 0.668. The fourth-order valence-electron chi connectivity index (χ4n) is 8.25. The summed E-state index contributed by atoms with van der Waals surface area (Å²) in [4.78, 5) is 15.5. The van der Waals surface area contributed by atoms with E-state index < -0.39 is 0 Å². The summed E-state index contributed by atoms with van der Waals surface area (Å²) in [5, 5.41) is 4.50. The van der Waals surface area contributed by atoms with Gasteiger partial charge in [-0.3, -0.25) is 0 Å². The third kappa shape index (κ3) is 5.76. The van der Waals surface area contributed by atoms with Crippen molar-refractivity contribution >= 4 is 43.7 Å². The van der Waals surface area contributed by atoms with Gasteiger partial charge in [-0.1, -0.05) is 164 Å². The Morgan fingerprint density at radius 1 is 0.368 bits per heavy atom. The van der Waals surface area contributed by atoms with E-state index in [2.05, 4.69) is 132 Å². The highest BCUT2D eigenvalue weighted by Crippen LogP contribution is 2.42. The summed E-state index contributed by atoms with van der Waals surface area (Å²) in [7, 11) is 0. The molecule has 5 heteroatoms. The van der Waals surface area contributed by atoms with Crippen LogP contribution in [0.15, 0.2) is 199 Å². The van der Waals surface area contributed by atoms with E-state index >= 15 is 0 Å². The molecule has 0 saturated carbocycles. The molecule has 0 saturated heterocycles. The van der Waals surface area contributed by atoms with Crippen molar-refractivity contribution in [1.82, 2.24) is 19.5 Å². The Bertz CT molecular complexity index is 3190. The van der Waals surface area contributed by atoms with E-state index in [4.69, 9.17) is 19.4 Å². The van der Waals surface area contributed by atoms with Crippen LogP contribution < -0.4 is 0 Å². The van der Waals surface area contributed by atoms with Crippen molar-refractivity contribution < 1.29 is 4.42 Å². The molecule has 5 nitrogen and oxygen atoms in total. The SMILES string of the molecule is c1ccc(-c2cc(-c3nc(-c4ccccc4)nc(-c4ccccc4)n3)c3c(c2)oc2cccc(Cn4c5ccccc5c5ccc(-c6ccccc6)cc54)c23)cc1. The van der Waals surface area contributed by atoms with Crippen LogP contribution in [0.25, 0.3) is 100 Å². The lowest BCUT2D eigenvalue weighted by atomic mass is 9.96. The minimum Gasteiger partial charge on any atom is -0.456 e. The van der Waals surface area contributed by atoms with Crippen LogP contribution >= 0.6 is 0 Å². The summed E-state index contributed by atoms with van der Waals surface area (Å²) in [6.07, 6.45) is 0. The Morgan fingerprint density at radius 2 is 0.930 bits per heavy atom. The van der Waals surface area contributed by atoms with Crippen molar-refractivity contribution in [2.24, 2.45) is 0 Å². The van der Waals surface area contributed by atoms with E-state index in [1.165, 1.54) is 32.9 Å². The molecule has 0 unspecified atom stereocenters. The molecular weight excluding hydrogens is 697 g/mol. The summed E-state index contributed by atoms with van der Waals surface area (Å²) in [5.74, 6) is 1.82. The number of rotatable bonds is 7. The highest BCUT2D eigenvalue weighted by molar-refractivity contribution is 6.15. The Kier molecular flexibility index (Phi) is 7.81. The number of hydrogen-bond acceptors (Lipinski definition) is 4. The molecule has 0 aliphatic carbocycles. The molecule has 0 fully saturated rings. The van der Waals surface area contributed by atoms with Crippen LogP contribution in [0.2, 0.25) is 0 Å². The van der Waals surface area contributed by atoms with Crippen LogP contribution in [0.4, 0.5) is 0 Å². The molecular formula is C52H34N4O. The first kappa shape index (κ1) is 32.8. The molecule has 3 heterocycles. The molecule has 8 aromatic carbocycles. The van der Waals surface area contributed by atoms with Gasteiger partial charge in [0.1, 0.15) is 11.2 Å². The second kappa shape index (κ2) is 13.6. The molecule has 0 amide bonds. The maximum Gasteiger partial charge on any atom is 0.164 e. The lowest BCUT2D eigenvalue weighted by Crippen LogP contribution is -2.02. The zero-order valence-electron chi connectivity index (χ0n) is 30.9. The van der Waals surface area contributed by atoms with Crippen molar-refractivity contribution in [3.05, 3.63) is 200 Å². The third-order valence-corrected chi connectivity index (χ3v) is 10.9. The van der Waals surface area contributed by atoms with Crippen molar-refractivity contribution in [2.45, 2.75) is 6.54 Å². The standard InChI is InChI=1S/C52H34N4O/c1-5-16-34(17-6-1)38-28-29-42-41-25-13-14-26-44(41)56(45(42)31-38)33-39-24-15-27-46-48(39)49-43(30-40(32-47(49)57-46)35-18-7-2-8-19-35)52-54-50(36-20-9-3-10-21-36)53-51(55-52)37-22-11-4-12-23-37/h1-32H,33H2. The zero-order chi connectivity index (χ0) is 37.7. The molecule has 0 N–H and O–H groups in total. The van der Waals surface area contributed by atoms with Gasteiger partial charge in [-0.05, 0) is 58.1 Å². The monoisotopic (exact) mass is 730 g/mol. The molecule has 268 valence electrons. The predicted molar refractivity (Wildman–Crippen MR) is 233 cm³/mol. The van der Waals surface area contributed by atoms with E-state index in [0.717, 1.165) is 55.3 Å². The second-order valence-corrected chi connectivity index (χ2v) is 14.4. The van der Waals surface area contributed by atoms with Gasteiger partial charge in [0.05, 0.1) is 5.52 Å². The molecule has 11 rings (SSSR count). The Labute approximate surface area is 329 Å². The van der Waals surface area contributed by atoms with E-state index in [0.29, 0.717) is 24.0 Å². The molecule has 0 aliphatic rings. The van der Waals surface area contributed by atoms with Gasteiger partial charge in [-0.25, -0.2) is 15.0 Å². The van der Waals surface area contributed by atoms with Crippen molar-refractivity contribution in [2.75, 3.05) is 0 Å². The maximum absolute atomic E-state index is 6.84. The minimum absolute atomic E-state index is 0.590. The van der Waals surface area contributed by atoms with Crippen molar-refractivity contribution in [3.63, 3.8) is 0 Å². The van der Waals surface area contributed by atoms with E-state index in [-0.39, 0.29) is 0 Å². The van der Waals surface area contributed by atoms with Gasteiger partial charge in [-0.15, -0.1) is 0 Å². The summed E-state index contributed by atoms with van der Waals surface area (Å²) in [6, 6.07) is 67.6. The fourth-order valence-corrected chi connectivity index (χ4v) is 8.25. The molecule has 0 aliphatic heterocycles. The van der Waals surface area contributed by atoms with E-state index in [1.807, 2.05) is 66.7 Å². The minimum atomic E-state index is 0.590. The summed E-state index contributed by atoms with van der Waals surface area (Å²) >= 11 is 0. The van der Waals surface area contributed by atoms with Crippen LogP contribution in [-0.4, -0.2) is 19.5 Å². The molecule has 57 heavy (non-hydrogen) atoms.